The van der Waals surface area contributed by atoms with Gasteiger partial charge in [-0.05, 0) is 80.1 Å². The van der Waals surface area contributed by atoms with E-state index in [0.717, 1.165) is 59.1 Å². The summed E-state index contributed by atoms with van der Waals surface area (Å²) in [5.74, 6) is -0.129. The lowest BCUT2D eigenvalue weighted by molar-refractivity contribution is 0.101. The minimum Gasteiger partial charge on any atom is -0.295 e. The largest absolute Gasteiger partial charge is 0.295 e. The van der Waals surface area contributed by atoms with Gasteiger partial charge in [-0.15, -0.1) is 0 Å². The van der Waals surface area contributed by atoms with Crippen molar-refractivity contribution >= 4 is 18.5 Å². The Labute approximate surface area is 179 Å². The quantitative estimate of drug-likeness (QED) is 0.369. The molecule has 2 nitrogen and oxygen atoms in total. The summed E-state index contributed by atoms with van der Waals surface area (Å²) in [6.07, 6.45) is 3.43. The van der Waals surface area contributed by atoms with E-state index in [-0.39, 0.29) is 11.6 Å². The van der Waals surface area contributed by atoms with Gasteiger partial charge in [0.2, 0.25) is 0 Å². The second kappa shape index (κ2) is 9.84. The highest BCUT2D eigenvalue weighted by molar-refractivity contribution is 6.55. The number of Topliss-reactive ketones (excluding diaryl/α,β-unsaturated/α-hetero) is 1. The average Bonchev–Trinajstić information content (AvgIpc) is 2.74. The van der Waals surface area contributed by atoms with Crippen molar-refractivity contribution in [2.75, 3.05) is 0 Å². The van der Waals surface area contributed by atoms with Gasteiger partial charge < -0.3 is 0 Å². The Kier molecular flexibility index (Phi) is 7.20. The molecular weight excluding hydrogens is 372 g/mol. The van der Waals surface area contributed by atoms with E-state index < -0.39 is 0 Å². The zero-order valence-corrected chi connectivity index (χ0v) is 18.3. The van der Waals surface area contributed by atoms with Crippen LogP contribution in [0.4, 0.5) is 4.39 Å². The van der Waals surface area contributed by atoms with Crippen LogP contribution in [0, 0.1) is 12.7 Å². The van der Waals surface area contributed by atoms with E-state index in [1.165, 1.54) is 23.3 Å². The van der Waals surface area contributed by atoms with Gasteiger partial charge in [-0.1, -0.05) is 49.4 Å². The van der Waals surface area contributed by atoms with Gasteiger partial charge in [0.05, 0.1) is 5.69 Å². The topological polar surface area (TPSA) is 30.0 Å². The molecule has 0 saturated heterocycles. The summed E-state index contributed by atoms with van der Waals surface area (Å²) < 4.78 is 13.4. The number of aryl methyl sites for hydroxylation is 4. The number of benzene rings is 2. The molecule has 0 amide bonds. The minimum absolute atomic E-state index is 0.113. The van der Waals surface area contributed by atoms with Crippen LogP contribution in [-0.2, 0) is 19.3 Å². The summed E-state index contributed by atoms with van der Waals surface area (Å²) in [5, 5.41) is 0. The smallest absolute Gasteiger partial charge is 0.160 e. The van der Waals surface area contributed by atoms with Gasteiger partial charge in [0.25, 0.3) is 0 Å². The van der Waals surface area contributed by atoms with Crippen LogP contribution in [0.5, 0.6) is 0 Å². The first-order valence-corrected chi connectivity index (χ1v) is 10.6. The lowest BCUT2D eigenvalue weighted by Gasteiger charge is -2.15. The highest BCUT2D eigenvalue weighted by atomic mass is 19.1. The number of aromatic nitrogens is 1. The molecule has 0 spiro atoms. The lowest BCUT2D eigenvalue weighted by Crippen LogP contribution is -2.22. The van der Waals surface area contributed by atoms with Crippen LogP contribution in [0.3, 0.4) is 0 Å². The fourth-order valence-electron chi connectivity index (χ4n) is 3.88. The average molecular weight is 400 g/mol. The first-order chi connectivity index (χ1) is 14.4. The van der Waals surface area contributed by atoms with Gasteiger partial charge in [0, 0.05) is 11.3 Å². The zero-order chi connectivity index (χ0) is 21.7. The van der Waals surface area contributed by atoms with Crippen molar-refractivity contribution in [3.8, 4) is 11.3 Å². The molecule has 3 aromatic rings. The Bertz CT molecular complexity index is 1040. The summed E-state index contributed by atoms with van der Waals surface area (Å²) in [6.45, 7) is 7.91. The van der Waals surface area contributed by atoms with E-state index in [4.69, 9.17) is 4.98 Å². The van der Waals surface area contributed by atoms with E-state index in [0.29, 0.717) is 0 Å². The molecule has 0 aliphatic rings. The van der Waals surface area contributed by atoms with E-state index in [9.17, 15) is 9.18 Å². The number of nitrogens with zero attached hydrogens (tertiary/aromatic N) is 1. The molecule has 1 radical (unpaired) electrons. The van der Waals surface area contributed by atoms with E-state index in [1.807, 2.05) is 12.1 Å². The Balaban J connectivity index is 1.90. The van der Waals surface area contributed by atoms with Crippen LogP contribution >= 0.6 is 0 Å². The second-order valence-corrected chi connectivity index (χ2v) is 7.71. The molecule has 0 bridgehead atoms. The summed E-state index contributed by atoms with van der Waals surface area (Å²) >= 11 is 0. The van der Waals surface area contributed by atoms with E-state index in [2.05, 4.69) is 40.2 Å². The maximum Gasteiger partial charge on any atom is 0.160 e. The molecule has 0 saturated carbocycles. The first kappa shape index (κ1) is 22.0. The Morgan fingerprint density at radius 3 is 2.40 bits per heavy atom. The minimum atomic E-state index is -0.242. The molecule has 0 unspecified atom stereocenters. The van der Waals surface area contributed by atoms with Gasteiger partial charge >= 0.3 is 0 Å². The third-order valence-electron chi connectivity index (χ3n) is 5.44. The van der Waals surface area contributed by atoms with Crippen molar-refractivity contribution in [1.82, 2.24) is 4.98 Å². The fourth-order valence-corrected chi connectivity index (χ4v) is 3.88. The SMILES string of the molecule is CC[B]c1c(C)cc(CCc2ccc(C(C)=O)c(CC)c2)nc1-c1ccc(F)cc1. The van der Waals surface area contributed by atoms with Crippen LogP contribution < -0.4 is 5.46 Å². The standard InChI is InChI=1S/C26H28BFNO/c1-5-20-16-19(8-14-24(20)18(4)30)7-13-23-15-17(3)25(27-6-2)26(29-23)21-9-11-22(28)12-10-21/h8-12,14-16H,5-7,13H2,1-4H3. The summed E-state index contributed by atoms with van der Waals surface area (Å²) in [5.41, 5.74) is 8.29. The Morgan fingerprint density at radius 1 is 1.03 bits per heavy atom. The number of rotatable bonds is 8. The molecule has 1 aromatic heterocycles. The molecule has 30 heavy (non-hydrogen) atoms. The summed E-state index contributed by atoms with van der Waals surface area (Å²) in [4.78, 5) is 16.7. The number of carbonyl (C=O) groups is 1. The Morgan fingerprint density at radius 2 is 1.77 bits per heavy atom. The molecule has 0 aliphatic heterocycles. The maximum atomic E-state index is 13.4. The van der Waals surface area contributed by atoms with Gasteiger partial charge in [0.15, 0.2) is 13.1 Å². The predicted molar refractivity (Wildman–Crippen MR) is 123 cm³/mol. The number of pyridine rings is 1. The third kappa shape index (κ3) is 5.05. The molecule has 2 aromatic carbocycles. The number of hydrogen-bond acceptors (Lipinski definition) is 2. The molecule has 3 rings (SSSR count). The second-order valence-electron chi connectivity index (χ2n) is 7.71. The summed E-state index contributed by atoms with van der Waals surface area (Å²) in [6, 6.07) is 14.8. The summed E-state index contributed by atoms with van der Waals surface area (Å²) in [7, 11) is 2.18. The van der Waals surface area contributed by atoms with Crippen molar-refractivity contribution < 1.29 is 9.18 Å². The number of ketones is 1. The van der Waals surface area contributed by atoms with Crippen molar-refractivity contribution in [2.45, 2.75) is 53.3 Å². The fraction of sp³-hybridized carbons (Fsp3) is 0.308. The van der Waals surface area contributed by atoms with Crippen molar-refractivity contribution in [3.63, 3.8) is 0 Å². The monoisotopic (exact) mass is 400 g/mol. The third-order valence-corrected chi connectivity index (χ3v) is 5.44. The van der Waals surface area contributed by atoms with Gasteiger partial charge in [-0.25, -0.2) is 4.39 Å². The van der Waals surface area contributed by atoms with Crippen LogP contribution in [0.25, 0.3) is 11.3 Å². The molecule has 153 valence electrons. The molecule has 1 heterocycles. The number of halogens is 1. The van der Waals surface area contributed by atoms with Crippen molar-refractivity contribution in [2.24, 2.45) is 0 Å². The molecule has 4 heteroatoms. The predicted octanol–water partition coefficient (Wildman–Crippen LogP) is 5.51. The highest BCUT2D eigenvalue weighted by Crippen LogP contribution is 2.20. The van der Waals surface area contributed by atoms with Gasteiger partial charge in [-0.3, -0.25) is 9.78 Å². The molecule has 0 N–H and O–H groups in total. The molecular formula is C26H28BFNO. The zero-order valence-electron chi connectivity index (χ0n) is 18.3. The maximum absolute atomic E-state index is 13.4. The van der Waals surface area contributed by atoms with E-state index in [1.54, 1.807) is 19.1 Å². The molecule has 0 fully saturated rings. The molecule has 0 atom stereocenters. The first-order valence-electron chi connectivity index (χ1n) is 10.6. The molecule has 0 aliphatic carbocycles. The van der Waals surface area contributed by atoms with Crippen molar-refractivity contribution in [3.05, 3.63) is 82.3 Å². The number of carbonyl (C=O) groups excluding carboxylic acids is 1. The highest BCUT2D eigenvalue weighted by Gasteiger charge is 2.13. The number of hydrogen-bond donors (Lipinski definition) is 0. The lowest BCUT2D eigenvalue weighted by atomic mass is 9.64. The van der Waals surface area contributed by atoms with E-state index >= 15 is 0 Å². The van der Waals surface area contributed by atoms with Crippen molar-refractivity contribution in [1.29, 1.82) is 0 Å². The normalized spacial score (nSPS) is 10.8. The van der Waals surface area contributed by atoms with Crippen LogP contribution in [0.15, 0.2) is 48.5 Å². The van der Waals surface area contributed by atoms with Crippen LogP contribution in [-0.4, -0.2) is 18.0 Å². The van der Waals surface area contributed by atoms with Gasteiger partial charge in [-0.2, -0.15) is 0 Å². The van der Waals surface area contributed by atoms with Crippen LogP contribution in [0.1, 0.15) is 53.5 Å². The Hall–Kier alpha value is -2.75. The van der Waals surface area contributed by atoms with Crippen LogP contribution in [0.2, 0.25) is 6.32 Å². The van der Waals surface area contributed by atoms with Gasteiger partial charge in [0.1, 0.15) is 5.82 Å².